The van der Waals surface area contributed by atoms with E-state index in [-0.39, 0.29) is 0 Å². The SMILES string of the molecule is CNCCN1C(=O)CC[C@H]2CN(CC=Cc3ccccc3)CC[C@H]21. The van der Waals surface area contributed by atoms with Gasteiger partial charge in [-0.2, -0.15) is 0 Å². The van der Waals surface area contributed by atoms with E-state index in [0.29, 0.717) is 17.9 Å². The van der Waals surface area contributed by atoms with E-state index in [9.17, 15) is 4.79 Å². The molecule has 2 fully saturated rings. The summed E-state index contributed by atoms with van der Waals surface area (Å²) in [7, 11) is 1.95. The third-order valence-electron chi connectivity index (χ3n) is 5.30. The number of likely N-dealkylation sites (N-methyl/N-ethyl adjacent to an activating group) is 1. The minimum Gasteiger partial charge on any atom is -0.338 e. The molecule has 0 spiro atoms. The summed E-state index contributed by atoms with van der Waals surface area (Å²) >= 11 is 0. The van der Waals surface area contributed by atoms with Gasteiger partial charge in [0.1, 0.15) is 0 Å². The van der Waals surface area contributed by atoms with Gasteiger partial charge in [0.05, 0.1) is 0 Å². The number of carbonyl (C=O) groups is 1. The number of amides is 1. The molecule has 0 saturated carbocycles. The molecule has 3 rings (SSSR count). The fourth-order valence-corrected chi connectivity index (χ4v) is 4.02. The van der Waals surface area contributed by atoms with E-state index in [1.165, 1.54) is 5.56 Å². The topological polar surface area (TPSA) is 35.6 Å². The lowest BCUT2D eigenvalue weighted by Gasteiger charge is -2.47. The number of rotatable bonds is 6. The van der Waals surface area contributed by atoms with E-state index in [1.807, 2.05) is 13.1 Å². The smallest absolute Gasteiger partial charge is 0.222 e. The summed E-state index contributed by atoms with van der Waals surface area (Å²) in [5.74, 6) is 0.988. The molecule has 2 aliphatic rings. The standard InChI is InChI=1S/C20H29N3O/c1-21-12-15-23-19-11-14-22(16-18(19)9-10-20(23)24)13-5-8-17-6-3-2-4-7-17/h2-8,18-19,21H,9-16H2,1H3/t18-,19+/m0/s1. The number of carbonyl (C=O) groups excluding carboxylic acids is 1. The Morgan fingerprint density at radius 3 is 2.88 bits per heavy atom. The number of likely N-dealkylation sites (tertiary alicyclic amines) is 2. The van der Waals surface area contributed by atoms with Crippen molar-refractivity contribution in [3.05, 3.63) is 42.0 Å². The van der Waals surface area contributed by atoms with Crippen LogP contribution in [-0.2, 0) is 4.79 Å². The van der Waals surface area contributed by atoms with Crippen LogP contribution in [0.3, 0.4) is 0 Å². The van der Waals surface area contributed by atoms with Gasteiger partial charge in [-0.15, -0.1) is 0 Å². The van der Waals surface area contributed by atoms with E-state index < -0.39 is 0 Å². The molecule has 1 N–H and O–H groups in total. The second-order valence-corrected chi connectivity index (χ2v) is 6.92. The normalized spacial score (nSPS) is 25.2. The van der Waals surface area contributed by atoms with Gasteiger partial charge >= 0.3 is 0 Å². The van der Waals surface area contributed by atoms with Crippen molar-refractivity contribution in [2.75, 3.05) is 39.8 Å². The number of piperidine rings is 2. The number of nitrogens with zero attached hydrogens (tertiary/aromatic N) is 2. The molecule has 4 nitrogen and oxygen atoms in total. The molecule has 0 aliphatic carbocycles. The Labute approximate surface area is 145 Å². The summed E-state index contributed by atoms with van der Waals surface area (Å²) in [5.41, 5.74) is 1.26. The van der Waals surface area contributed by atoms with Gasteiger partial charge in [-0.3, -0.25) is 9.69 Å². The van der Waals surface area contributed by atoms with E-state index >= 15 is 0 Å². The van der Waals surface area contributed by atoms with E-state index in [0.717, 1.165) is 52.0 Å². The van der Waals surface area contributed by atoms with Crippen LogP contribution in [0.5, 0.6) is 0 Å². The molecular weight excluding hydrogens is 298 g/mol. The van der Waals surface area contributed by atoms with E-state index in [2.05, 4.69) is 51.5 Å². The molecule has 1 aromatic rings. The Morgan fingerprint density at radius 1 is 1.25 bits per heavy atom. The summed E-state index contributed by atoms with van der Waals surface area (Å²) in [6.07, 6.45) is 7.36. The first-order valence-corrected chi connectivity index (χ1v) is 9.16. The zero-order valence-electron chi connectivity index (χ0n) is 14.7. The van der Waals surface area contributed by atoms with Crippen molar-refractivity contribution < 1.29 is 4.79 Å². The van der Waals surface area contributed by atoms with Crippen LogP contribution in [0.4, 0.5) is 0 Å². The summed E-state index contributed by atoms with van der Waals surface area (Å²) in [6, 6.07) is 10.9. The minimum atomic E-state index is 0.351. The lowest BCUT2D eigenvalue weighted by atomic mass is 9.83. The number of nitrogens with one attached hydrogen (secondary N) is 1. The van der Waals surface area contributed by atoms with Gasteiger partial charge in [-0.05, 0) is 31.4 Å². The molecule has 4 heteroatoms. The van der Waals surface area contributed by atoms with Crippen molar-refractivity contribution in [3.8, 4) is 0 Å². The van der Waals surface area contributed by atoms with E-state index in [1.54, 1.807) is 0 Å². The molecule has 0 aromatic heterocycles. The summed E-state index contributed by atoms with van der Waals surface area (Å²) in [6.45, 7) is 4.95. The number of fused-ring (bicyclic) bond motifs is 1. The second kappa shape index (κ2) is 8.45. The summed E-state index contributed by atoms with van der Waals surface area (Å²) in [4.78, 5) is 16.9. The highest BCUT2D eigenvalue weighted by Crippen LogP contribution is 2.31. The van der Waals surface area contributed by atoms with E-state index in [4.69, 9.17) is 0 Å². The van der Waals surface area contributed by atoms with Gasteiger partial charge in [0.25, 0.3) is 0 Å². The average molecular weight is 327 g/mol. The highest BCUT2D eigenvalue weighted by Gasteiger charge is 2.38. The highest BCUT2D eigenvalue weighted by atomic mass is 16.2. The van der Waals surface area contributed by atoms with Crippen molar-refractivity contribution in [3.63, 3.8) is 0 Å². The van der Waals surface area contributed by atoms with Gasteiger partial charge in [0.15, 0.2) is 0 Å². The Morgan fingerprint density at radius 2 is 2.08 bits per heavy atom. The van der Waals surface area contributed by atoms with Gasteiger partial charge in [0, 0.05) is 45.2 Å². The first kappa shape index (κ1) is 17.2. The third kappa shape index (κ3) is 4.25. The first-order chi connectivity index (χ1) is 11.8. The minimum absolute atomic E-state index is 0.351. The molecule has 1 aromatic carbocycles. The van der Waals surface area contributed by atoms with Crippen molar-refractivity contribution in [1.29, 1.82) is 0 Å². The van der Waals surface area contributed by atoms with Crippen LogP contribution in [0, 0.1) is 5.92 Å². The van der Waals surface area contributed by atoms with Crippen LogP contribution in [0.25, 0.3) is 6.08 Å². The molecule has 2 saturated heterocycles. The molecule has 0 unspecified atom stereocenters. The predicted molar refractivity (Wildman–Crippen MR) is 98.7 cm³/mol. The molecule has 24 heavy (non-hydrogen) atoms. The van der Waals surface area contributed by atoms with Crippen molar-refractivity contribution >= 4 is 12.0 Å². The monoisotopic (exact) mass is 327 g/mol. The molecule has 2 heterocycles. The number of hydrogen-bond donors (Lipinski definition) is 1. The third-order valence-corrected chi connectivity index (χ3v) is 5.30. The number of benzene rings is 1. The fourth-order valence-electron chi connectivity index (χ4n) is 4.02. The molecule has 2 aliphatic heterocycles. The molecule has 0 radical (unpaired) electrons. The Hall–Kier alpha value is -1.65. The Kier molecular flexibility index (Phi) is 6.05. The Bertz CT molecular complexity index is 557. The maximum atomic E-state index is 12.2. The van der Waals surface area contributed by atoms with Crippen LogP contribution < -0.4 is 5.32 Å². The van der Waals surface area contributed by atoms with Gasteiger partial charge in [0.2, 0.25) is 5.91 Å². The lowest BCUT2D eigenvalue weighted by Crippen LogP contribution is -2.57. The highest BCUT2D eigenvalue weighted by molar-refractivity contribution is 5.77. The van der Waals surface area contributed by atoms with Crippen LogP contribution in [0.15, 0.2) is 36.4 Å². The fraction of sp³-hybridized carbons (Fsp3) is 0.550. The van der Waals surface area contributed by atoms with Gasteiger partial charge in [-0.1, -0.05) is 42.5 Å². The lowest BCUT2D eigenvalue weighted by molar-refractivity contribution is -0.140. The van der Waals surface area contributed by atoms with Crippen molar-refractivity contribution in [1.82, 2.24) is 15.1 Å². The molecule has 1 amide bonds. The maximum Gasteiger partial charge on any atom is 0.222 e. The van der Waals surface area contributed by atoms with Gasteiger partial charge in [-0.25, -0.2) is 0 Å². The second-order valence-electron chi connectivity index (χ2n) is 6.92. The predicted octanol–water partition coefficient (Wildman–Crippen LogP) is 2.23. The van der Waals surface area contributed by atoms with Crippen molar-refractivity contribution in [2.45, 2.75) is 25.3 Å². The molecular formula is C20H29N3O. The Balaban J connectivity index is 1.53. The quantitative estimate of drug-likeness (QED) is 0.870. The zero-order chi connectivity index (χ0) is 16.8. The van der Waals surface area contributed by atoms with Crippen molar-refractivity contribution in [2.24, 2.45) is 5.92 Å². The molecule has 130 valence electrons. The average Bonchev–Trinajstić information content (AvgIpc) is 2.62. The van der Waals surface area contributed by atoms with Gasteiger partial charge < -0.3 is 10.2 Å². The molecule has 2 atom stereocenters. The first-order valence-electron chi connectivity index (χ1n) is 9.16. The summed E-state index contributed by atoms with van der Waals surface area (Å²) < 4.78 is 0. The van der Waals surface area contributed by atoms with Crippen LogP contribution in [-0.4, -0.2) is 61.5 Å². The largest absolute Gasteiger partial charge is 0.338 e. The van der Waals surface area contributed by atoms with Crippen LogP contribution in [0.1, 0.15) is 24.8 Å². The summed E-state index contributed by atoms with van der Waals surface area (Å²) in [5, 5.41) is 3.17. The molecule has 0 bridgehead atoms. The maximum absolute atomic E-state index is 12.2. The van der Waals surface area contributed by atoms with Crippen LogP contribution in [0.2, 0.25) is 0 Å². The zero-order valence-corrected chi connectivity index (χ0v) is 14.7. The number of hydrogen-bond acceptors (Lipinski definition) is 3. The van der Waals surface area contributed by atoms with Crippen LogP contribution >= 0.6 is 0 Å².